The molecule has 4 nitrogen and oxygen atoms in total. The van der Waals surface area contributed by atoms with Crippen molar-refractivity contribution >= 4 is 11.8 Å². The van der Waals surface area contributed by atoms with Crippen LogP contribution in [0.1, 0.15) is 6.42 Å². The fraction of sp³-hybridized carbons (Fsp3) is 0.333. The second-order valence-electron chi connectivity index (χ2n) is 1.58. The average molecular weight is 144 g/mol. The predicted octanol–water partition coefficient (Wildman–Crippen LogP) is -0.421. The summed E-state index contributed by atoms with van der Waals surface area (Å²) in [5.41, 5.74) is 0. The lowest BCUT2D eigenvalue weighted by molar-refractivity contribution is -0.146. The molecule has 0 saturated carbocycles. The van der Waals surface area contributed by atoms with Crippen LogP contribution in [0.25, 0.3) is 0 Å². The lowest BCUT2D eigenvalue weighted by Gasteiger charge is -1.83. The molecule has 0 aromatic rings. The van der Waals surface area contributed by atoms with Gasteiger partial charge in [0.25, 0.3) is 5.78 Å². The quantitative estimate of drug-likeness (QED) is 0.415. The molecule has 0 radical (unpaired) electrons. The Morgan fingerprint density at radius 1 is 1.40 bits per heavy atom. The summed E-state index contributed by atoms with van der Waals surface area (Å²) < 4.78 is 0. The van der Waals surface area contributed by atoms with Crippen molar-refractivity contribution in [1.29, 1.82) is 0 Å². The van der Waals surface area contributed by atoms with E-state index in [9.17, 15) is 9.59 Å². The van der Waals surface area contributed by atoms with Crippen molar-refractivity contribution in [2.24, 2.45) is 0 Å². The molecule has 0 aromatic carbocycles. The van der Waals surface area contributed by atoms with Crippen molar-refractivity contribution in [2.45, 2.75) is 6.42 Å². The van der Waals surface area contributed by atoms with E-state index in [0.717, 1.165) is 6.08 Å². The Balaban J connectivity index is 3.67. The van der Waals surface area contributed by atoms with Gasteiger partial charge in [0.2, 0.25) is 0 Å². The smallest absolute Gasteiger partial charge is 0.376 e. The molecule has 4 heteroatoms. The maximum absolute atomic E-state index is 10.2. The number of hydrogen-bond acceptors (Lipinski definition) is 3. The normalized spacial score (nSPS) is 10.1. The van der Waals surface area contributed by atoms with Crippen molar-refractivity contribution in [2.75, 3.05) is 6.61 Å². The molecule has 0 saturated heterocycles. The summed E-state index contributed by atoms with van der Waals surface area (Å²) in [5, 5.41) is 16.2. The Bertz CT molecular complexity index is 159. The van der Waals surface area contributed by atoms with Crippen LogP contribution in [0.4, 0.5) is 0 Å². The van der Waals surface area contributed by atoms with E-state index in [-0.39, 0.29) is 6.61 Å². The zero-order valence-corrected chi connectivity index (χ0v) is 5.28. The number of aliphatic hydroxyl groups is 1. The van der Waals surface area contributed by atoms with E-state index < -0.39 is 11.8 Å². The molecule has 10 heavy (non-hydrogen) atoms. The largest absolute Gasteiger partial charge is 0.475 e. The third-order valence-corrected chi connectivity index (χ3v) is 0.776. The molecule has 0 spiro atoms. The van der Waals surface area contributed by atoms with E-state index in [1.807, 2.05) is 0 Å². The average Bonchev–Trinajstić information content (AvgIpc) is 1.88. The Hall–Kier alpha value is -1.16. The Morgan fingerprint density at radius 3 is 2.40 bits per heavy atom. The van der Waals surface area contributed by atoms with Gasteiger partial charge in [-0.2, -0.15) is 0 Å². The van der Waals surface area contributed by atoms with E-state index >= 15 is 0 Å². The number of rotatable bonds is 4. The highest BCUT2D eigenvalue weighted by Crippen LogP contribution is 1.82. The van der Waals surface area contributed by atoms with Gasteiger partial charge in [-0.1, -0.05) is 6.08 Å². The Morgan fingerprint density at radius 2 is 2.00 bits per heavy atom. The third kappa shape index (κ3) is 3.80. The van der Waals surface area contributed by atoms with Crippen LogP contribution < -0.4 is 0 Å². The minimum Gasteiger partial charge on any atom is -0.475 e. The number of carbonyl (C=O) groups excluding carboxylic acids is 1. The van der Waals surface area contributed by atoms with Gasteiger partial charge in [0.15, 0.2) is 0 Å². The summed E-state index contributed by atoms with van der Waals surface area (Å²) in [6.07, 6.45) is 2.55. The van der Waals surface area contributed by atoms with E-state index in [2.05, 4.69) is 0 Å². The number of hydrogen-bond donors (Lipinski definition) is 2. The van der Waals surface area contributed by atoms with Gasteiger partial charge in [-0.3, -0.25) is 4.79 Å². The standard InChI is InChI=1S/C6H8O4/c7-4-2-1-3-5(8)6(9)10/h1,3,7H,2,4H2,(H,9,10). The summed E-state index contributed by atoms with van der Waals surface area (Å²) in [6, 6.07) is 0. The highest BCUT2D eigenvalue weighted by molar-refractivity contribution is 6.37. The first-order valence-corrected chi connectivity index (χ1v) is 2.73. The highest BCUT2D eigenvalue weighted by atomic mass is 16.4. The second kappa shape index (κ2) is 4.69. The summed E-state index contributed by atoms with van der Waals surface area (Å²) in [5.74, 6) is -2.44. The van der Waals surface area contributed by atoms with Crippen LogP contribution >= 0.6 is 0 Å². The minimum atomic E-state index is -1.48. The number of aliphatic hydroxyl groups excluding tert-OH is 1. The van der Waals surface area contributed by atoms with Gasteiger partial charge in [-0.05, 0) is 12.5 Å². The molecular weight excluding hydrogens is 136 g/mol. The number of aliphatic carboxylic acids is 1. The van der Waals surface area contributed by atoms with Gasteiger partial charge < -0.3 is 10.2 Å². The third-order valence-electron chi connectivity index (χ3n) is 0.776. The van der Waals surface area contributed by atoms with Crippen molar-refractivity contribution in [3.8, 4) is 0 Å². The van der Waals surface area contributed by atoms with Crippen molar-refractivity contribution in [3.63, 3.8) is 0 Å². The number of carbonyl (C=O) groups is 2. The molecule has 0 atom stereocenters. The van der Waals surface area contributed by atoms with Crippen molar-refractivity contribution < 1.29 is 19.8 Å². The predicted molar refractivity (Wildman–Crippen MR) is 33.5 cm³/mol. The Kier molecular flexibility index (Phi) is 4.15. The van der Waals surface area contributed by atoms with Crippen molar-refractivity contribution in [3.05, 3.63) is 12.2 Å². The first-order valence-electron chi connectivity index (χ1n) is 2.73. The van der Waals surface area contributed by atoms with Gasteiger partial charge in [0.05, 0.1) is 0 Å². The van der Waals surface area contributed by atoms with Crippen molar-refractivity contribution in [1.82, 2.24) is 0 Å². The van der Waals surface area contributed by atoms with Gasteiger partial charge in [0.1, 0.15) is 0 Å². The van der Waals surface area contributed by atoms with Gasteiger partial charge in [-0.15, -0.1) is 0 Å². The fourth-order valence-corrected chi connectivity index (χ4v) is 0.336. The van der Waals surface area contributed by atoms with E-state index in [4.69, 9.17) is 10.2 Å². The summed E-state index contributed by atoms with van der Waals surface area (Å²) in [7, 11) is 0. The van der Waals surface area contributed by atoms with Gasteiger partial charge in [-0.25, -0.2) is 4.79 Å². The minimum absolute atomic E-state index is 0.0800. The Labute approximate surface area is 57.8 Å². The molecule has 0 amide bonds. The first kappa shape index (κ1) is 8.84. The molecule has 0 unspecified atom stereocenters. The molecule has 0 aromatic heterocycles. The van der Waals surface area contributed by atoms with E-state index in [1.54, 1.807) is 0 Å². The molecular formula is C6H8O4. The zero-order valence-electron chi connectivity index (χ0n) is 5.28. The molecule has 2 N–H and O–H groups in total. The molecule has 0 aliphatic rings. The molecule has 0 rings (SSSR count). The molecule has 0 bridgehead atoms. The summed E-state index contributed by atoms with van der Waals surface area (Å²) in [6.45, 7) is -0.0800. The monoisotopic (exact) mass is 144 g/mol. The summed E-state index contributed by atoms with van der Waals surface area (Å²) >= 11 is 0. The van der Waals surface area contributed by atoms with Crippen LogP contribution in [0.2, 0.25) is 0 Å². The molecule has 0 aliphatic carbocycles. The SMILES string of the molecule is O=C(O)C(=O)C=CCCO. The fourth-order valence-electron chi connectivity index (χ4n) is 0.336. The molecule has 0 aliphatic heterocycles. The molecule has 56 valence electrons. The topological polar surface area (TPSA) is 74.6 Å². The van der Waals surface area contributed by atoms with Gasteiger partial charge >= 0.3 is 5.97 Å². The first-order chi connectivity index (χ1) is 4.68. The maximum Gasteiger partial charge on any atom is 0.376 e. The van der Waals surface area contributed by atoms with Crippen LogP contribution in [-0.2, 0) is 9.59 Å². The van der Waals surface area contributed by atoms with E-state index in [1.165, 1.54) is 6.08 Å². The van der Waals surface area contributed by atoms with Gasteiger partial charge in [0, 0.05) is 6.61 Å². The second-order valence-corrected chi connectivity index (χ2v) is 1.58. The van der Waals surface area contributed by atoms with Crippen LogP contribution in [0, 0.1) is 0 Å². The number of carboxylic acid groups (broad SMARTS) is 1. The van der Waals surface area contributed by atoms with Crippen LogP contribution in [0.5, 0.6) is 0 Å². The van der Waals surface area contributed by atoms with Crippen LogP contribution in [-0.4, -0.2) is 28.6 Å². The molecule has 0 heterocycles. The highest BCUT2D eigenvalue weighted by Gasteiger charge is 2.04. The lowest BCUT2D eigenvalue weighted by Crippen LogP contribution is -2.08. The number of carboxylic acids is 1. The lowest BCUT2D eigenvalue weighted by atomic mass is 10.3. The zero-order chi connectivity index (χ0) is 7.98. The van der Waals surface area contributed by atoms with Crippen LogP contribution in [0.3, 0.4) is 0 Å². The summed E-state index contributed by atoms with van der Waals surface area (Å²) in [4.78, 5) is 20.1. The van der Waals surface area contributed by atoms with Crippen LogP contribution in [0.15, 0.2) is 12.2 Å². The molecule has 0 fully saturated rings. The van der Waals surface area contributed by atoms with E-state index in [0.29, 0.717) is 6.42 Å². The number of ketones is 1. The maximum atomic E-state index is 10.2.